The van der Waals surface area contributed by atoms with Gasteiger partial charge < -0.3 is 10.0 Å². The topological polar surface area (TPSA) is 43.8 Å². The third-order valence-corrected chi connectivity index (χ3v) is 3.15. The molecule has 4 heteroatoms. The number of aliphatic hydroxyl groups is 1. The molecule has 1 aliphatic rings. The monoisotopic (exact) mass is 214 g/mol. The zero-order chi connectivity index (χ0) is 11.4. The summed E-state index contributed by atoms with van der Waals surface area (Å²) in [7, 11) is 1.85. The maximum absolute atomic E-state index is 12.0. The van der Waals surface area contributed by atoms with Crippen molar-refractivity contribution in [2.45, 2.75) is 38.8 Å². The van der Waals surface area contributed by atoms with Crippen LogP contribution >= 0.6 is 0 Å². The maximum Gasteiger partial charge on any atom is 0.240 e. The Morgan fingerprint density at radius 2 is 2.20 bits per heavy atom. The Morgan fingerprint density at radius 3 is 2.73 bits per heavy atom. The minimum absolute atomic E-state index is 0.0822. The molecule has 0 aromatic rings. The summed E-state index contributed by atoms with van der Waals surface area (Å²) in [6, 6.07) is 0.162. The van der Waals surface area contributed by atoms with Crippen molar-refractivity contribution in [2.24, 2.45) is 0 Å². The van der Waals surface area contributed by atoms with Crippen molar-refractivity contribution in [3.63, 3.8) is 0 Å². The molecule has 0 bridgehead atoms. The molecule has 1 aliphatic heterocycles. The van der Waals surface area contributed by atoms with Crippen LogP contribution in [0.1, 0.15) is 26.7 Å². The first-order valence-corrected chi connectivity index (χ1v) is 5.73. The average Bonchev–Trinajstić information content (AvgIpc) is 2.21. The molecule has 0 spiro atoms. The first-order valence-electron chi connectivity index (χ1n) is 5.73. The van der Waals surface area contributed by atoms with Crippen LogP contribution in [0.5, 0.6) is 0 Å². The molecule has 0 radical (unpaired) electrons. The van der Waals surface area contributed by atoms with Gasteiger partial charge in [0.1, 0.15) is 0 Å². The number of carbonyl (C=O) groups excluding carboxylic acids is 1. The first-order chi connectivity index (χ1) is 7.11. The summed E-state index contributed by atoms with van der Waals surface area (Å²) in [6.07, 6.45) is 1.60. The van der Waals surface area contributed by atoms with Crippen molar-refractivity contribution in [3.8, 4) is 0 Å². The van der Waals surface area contributed by atoms with Crippen molar-refractivity contribution in [2.75, 3.05) is 26.7 Å². The predicted octanol–water partition coefficient (Wildman–Crippen LogP) is 0.310. The van der Waals surface area contributed by atoms with Crippen LogP contribution in [-0.4, -0.2) is 59.6 Å². The molecule has 1 N–H and O–H groups in total. The highest BCUT2D eigenvalue weighted by molar-refractivity contribution is 5.82. The highest BCUT2D eigenvalue weighted by Crippen LogP contribution is 2.17. The summed E-state index contributed by atoms with van der Waals surface area (Å²) in [5, 5.41) is 8.98. The summed E-state index contributed by atoms with van der Waals surface area (Å²) in [5.41, 5.74) is 0. The van der Waals surface area contributed by atoms with E-state index in [4.69, 9.17) is 5.11 Å². The number of hydrogen-bond donors (Lipinski definition) is 1. The number of piperazine rings is 1. The van der Waals surface area contributed by atoms with Crippen LogP contribution in [0.15, 0.2) is 0 Å². The maximum atomic E-state index is 12.0. The molecule has 15 heavy (non-hydrogen) atoms. The van der Waals surface area contributed by atoms with Crippen molar-refractivity contribution in [1.82, 2.24) is 9.80 Å². The van der Waals surface area contributed by atoms with E-state index in [2.05, 4.69) is 18.7 Å². The van der Waals surface area contributed by atoms with Gasteiger partial charge in [-0.15, -0.1) is 0 Å². The molecule has 2 atom stereocenters. The van der Waals surface area contributed by atoms with E-state index in [0.717, 1.165) is 19.5 Å². The van der Waals surface area contributed by atoms with Gasteiger partial charge >= 0.3 is 0 Å². The van der Waals surface area contributed by atoms with Gasteiger partial charge in [-0.3, -0.25) is 9.69 Å². The van der Waals surface area contributed by atoms with Crippen LogP contribution in [0, 0.1) is 0 Å². The molecule has 4 nitrogen and oxygen atoms in total. The van der Waals surface area contributed by atoms with E-state index >= 15 is 0 Å². The standard InChI is InChI=1S/C11H22N2O2/c1-4-6-13-8-9(2)12(3)11(15)10(13)5-7-14/h9-10,14H,4-8H2,1-3H3. The van der Waals surface area contributed by atoms with Gasteiger partial charge in [0, 0.05) is 26.2 Å². The van der Waals surface area contributed by atoms with Gasteiger partial charge in [0.25, 0.3) is 0 Å². The zero-order valence-corrected chi connectivity index (χ0v) is 9.94. The molecule has 0 aromatic carbocycles. The van der Waals surface area contributed by atoms with E-state index in [1.807, 2.05) is 7.05 Å². The molecule has 0 aromatic heterocycles. The summed E-state index contributed by atoms with van der Waals surface area (Å²) in [6.45, 7) is 6.12. The van der Waals surface area contributed by atoms with Crippen LogP contribution in [0.4, 0.5) is 0 Å². The van der Waals surface area contributed by atoms with Crippen LogP contribution < -0.4 is 0 Å². The van der Waals surface area contributed by atoms with E-state index in [0.29, 0.717) is 6.42 Å². The molecule has 0 saturated carbocycles. The molecule has 88 valence electrons. The second-order valence-corrected chi connectivity index (χ2v) is 4.32. The second-order valence-electron chi connectivity index (χ2n) is 4.32. The fraction of sp³-hybridized carbons (Fsp3) is 0.909. The average molecular weight is 214 g/mol. The number of nitrogens with zero attached hydrogens (tertiary/aromatic N) is 2. The Hall–Kier alpha value is -0.610. The zero-order valence-electron chi connectivity index (χ0n) is 9.94. The quantitative estimate of drug-likeness (QED) is 0.732. The van der Waals surface area contributed by atoms with Crippen molar-refractivity contribution < 1.29 is 9.90 Å². The van der Waals surface area contributed by atoms with Crippen LogP contribution in [-0.2, 0) is 4.79 Å². The van der Waals surface area contributed by atoms with E-state index in [9.17, 15) is 4.79 Å². The number of hydrogen-bond acceptors (Lipinski definition) is 3. The lowest BCUT2D eigenvalue weighted by Gasteiger charge is -2.42. The van der Waals surface area contributed by atoms with Crippen LogP contribution in [0.25, 0.3) is 0 Å². The number of aliphatic hydroxyl groups excluding tert-OH is 1. The van der Waals surface area contributed by atoms with Gasteiger partial charge in [-0.25, -0.2) is 0 Å². The molecule has 1 heterocycles. The third kappa shape index (κ3) is 2.69. The Morgan fingerprint density at radius 1 is 1.53 bits per heavy atom. The highest BCUT2D eigenvalue weighted by atomic mass is 16.3. The second kappa shape index (κ2) is 5.47. The lowest BCUT2D eigenvalue weighted by Crippen LogP contribution is -2.59. The lowest BCUT2D eigenvalue weighted by atomic mass is 10.0. The predicted molar refractivity (Wildman–Crippen MR) is 59.6 cm³/mol. The highest BCUT2D eigenvalue weighted by Gasteiger charge is 2.35. The van der Waals surface area contributed by atoms with Gasteiger partial charge in [0.2, 0.25) is 5.91 Å². The molecule has 0 aliphatic carbocycles. The van der Waals surface area contributed by atoms with Crippen LogP contribution in [0.3, 0.4) is 0 Å². The first kappa shape index (κ1) is 12.5. The molecule has 1 amide bonds. The summed E-state index contributed by atoms with van der Waals surface area (Å²) >= 11 is 0. The fourth-order valence-electron chi connectivity index (χ4n) is 2.16. The van der Waals surface area contributed by atoms with E-state index in [1.165, 1.54) is 0 Å². The van der Waals surface area contributed by atoms with Gasteiger partial charge in [-0.1, -0.05) is 6.92 Å². The SMILES string of the molecule is CCCN1CC(C)N(C)C(=O)C1CCO. The van der Waals surface area contributed by atoms with Crippen molar-refractivity contribution in [3.05, 3.63) is 0 Å². The van der Waals surface area contributed by atoms with Crippen molar-refractivity contribution >= 4 is 5.91 Å². The smallest absolute Gasteiger partial charge is 0.240 e. The minimum Gasteiger partial charge on any atom is -0.396 e. The Bertz CT molecular complexity index is 221. The number of rotatable bonds is 4. The summed E-state index contributed by atoms with van der Waals surface area (Å²) in [4.78, 5) is 16.0. The summed E-state index contributed by atoms with van der Waals surface area (Å²) in [5.74, 6) is 0.149. The van der Waals surface area contributed by atoms with E-state index in [-0.39, 0.29) is 24.6 Å². The Labute approximate surface area is 91.9 Å². The van der Waals surface area contributed by atoms with Gasteiger partial charge in [-0.05, 0) is 26.3 Å². The Kier molecular flexibility index (Phi) is 4.54. The van der Waals surface area contributed by atoms with Crippen molar-refractivity contribution in [1.29, 1.82) is 0 Å². The fourth-order valence-corrected chi connectivity index (χ4v) is 2.16. The van der Waals surface area contributed by atoms with Gasteiger partial charge in [0.15, 0.2) is 0 Å². The van der Waals surface area contributed by atoms with E-state index < -0.39 is 0 Å². The number of likely N-dealkylation sites (N-methyl/N-ethyl adjacent to an activating group) is 1. The Balaban J connectivity index is 2.71. The third-order valence-electron chi connectivity index (χ3n) is 3.15. The van der Waals surface area contributed by atoms with Crippen LogP contribution in [0.2, 0.25) is 0 Å². The molecular weight excluding hydrogens is 192 g/mol. The van der Waals surface area contributed by atoms with Gasteiger partial charge in [0.05, 0.1) is 6.04 Å². The minimum atomic E-state index is -0.115. The molecule has 1 rings (SSSR count). The molecule has 1 fully saturated rings. The largest absolute Gasteiger partial charge is 0.396 e. The molecular formula is C11H22N2O2. The normalized spacial score (nSPS) is 28.5. The lowest BCUT2D eigenvalue weighted by molar-refractivity contribution is -0.144. The number of carbonyl (C=O) groups is 1. The molecule has 1 saturated heterocycles. The summed E-state index contributed by atoms with van der Waals surface area (Å²) < 4.78 is 0. The van der Waals surface area contributed by atoms with Gasteiger partial charge in [-0.2, -0.15) is 0 Å². The number of amides is 1. The molecule has 2 unspecified atom stereocenters. The van der Waals surface area contributed by atoms with E-state index in [1.54, 1.807) is 4.90 Å².